The normalized spacial score (nSPS) is 12.5. The maximum Gasteiger partial charge on any atom is 0.106 e. The van der Waals surface area contributed by atoms with E-state index in [9.17, 15) is 5.11 Å². The second kappa shape index (κ2) is 6.04. The maximum absolute atomic E-state index is 10.7. The van der Waals surface area contributed by atoms with E-state index in [0.29, 0.717) is 6.61 Å². The Bertz CT molecular complexity index is 750. The van der Waals surface area contributed by atoms with Gasteiger partial charge in [0, 0.05) is 30.5 Å². The molecule has 3 aromatic rings. The molecule has 2 aromatic carbocycles. The standard InChI is InChI=1S/C18H17NO2/c1-21-12-13-5-4-7-14(9-13)18(20)17-11-19-10-15-6-2-3-8-16(15)17/h2-11,18,20H,12H2,1H3. The number of ether oxygens (including phenoxy) is 1. The molecule has 0 spiro atoms. The van der Waals surface area contributed by atoms with Crippen LogP contribution in [0.25, 0.3) is 10.8 Å². The van der Waals surface area contributed by atoms with Crippen molar-refractivity contribution in [2.75, 3.05) is 7.11 Å². The molecule has 106 valence electrons. The Labute approximate surface area is 123 Å². The van der Waals surface area contributed by atoms with Gasteiger partial charge < -0.3 is 9.84 Å². The molecule has 0 saturated carbocycles. The second-order valence-corrected chi connectivity index (χ2v) is 5.03. The van der Waals surface area contributed by atoms with Crippen molar-refractivity contribution in [1.29, 1.82) is 0 Å². The molecule has 0 saturated heterocycles. The van der Waals surface area contributed by atoms with Gasteiger partial charge >= 0.3 is 0 Å². The second-order valence-electron chi connectivity index (χ2n) is 5.03. The summed E-state index contributed by atoms with van der Waals surface area (Å²) in [6, 6.07) is 15.8. The van der Waals surface area contributed by atoms with Crippen molar-refractivity contribution in [2.45, 2.75) is 12.7 Å². The number of fused-ring (bicyclic) bond motifs is 1. The van der Waals surface area contributed by atoms with Gasteiger partial charge in [-0.05, 0) is 16.5 Å². The Morgan fingerprint density at radius 3 is 2.81 bits per heavy atom. The van der Waals surface area contributed by atoms with Gasteiger partial charge in [0.15, 0.2) is 0 Å². The number of hydrogen-bond donors (Lipinski definition) is 1. The van der Waals surface area contributed by atoms with Crippen LogP contribution in [-0.2, 0) is 11.3 Å². The highest BCUT2D eigenvalue weighted by atomic mass is 16.5. The summed E-state index contributed by atoms with van der Waals surface area (Å²) in [5, 5.41) is 12.8. The first-order valence-corrected chi connectivity index (χ1v) is 6.88. The molecule has 1 heterocycles. The van der Waals surface area contributed by atoms with Crippen molar-refractivity contribution >= 4 is 10.8 Å². The SMILES string of the molecule is COCc1cccc(C(O)c2cncc3ccccc23)c1. The summed E-state index contributed by atoms with van der Waals surface area (Å²) in [5.41, 5.74) is 2.72. The lowest BCUT2D eigenvalue weighted by Crippen LogP contribution is -2.02. The monoisotopic (exact) mass is 279 g/mol. The highest BCUT2D eigenvalue weighted by Gasteiger charge is 2.14. The molecule has 3 rings (SSSR count). The third kappa shape index (κ3) is 2.79. The Morgan fingerprint density at radius 2 is 1.95 bits per heavy atom. The van der Waals surface area contributed by atoms with E-state index in [1.165, 1.54) is 0 Å². The molecule has 21 heavy (non-hydrogen) atoms. The number of methoxy groups -OCH3 is 1. The Balaban J connectivity index is 2.04. The molecule has 3 nitrogen and oxygen atoms in total. The average molecular weight is 279 g/mol. The molecule has 1 atom stereocenters. The molecule has 0 aliphatic rings. The van der Waals surface area contributed by atoms with Crippen LogP contribution in [0.1, 0.15) is 22.8 Å². The molecule has 0 amide bonds. The number of aliphatic hydroxyl groups is 1. The first-order valence-electron chi connectivity index (χ1n) is 6.88. The van der Waals surface area contributed by atoms with Gasteiger partial charge in [-0.3, -0.25) is 4.98 Å². The van der Waals surface area contributed by atoms with Gasteiger partial charge in [0.1, 0.15) is 6.10 Å². The molecule has 1 aromatic heterocycles. The van der Waals surface area contributed by atoms with E-state index >= 15 is 0 Å². The predicted octanol–water partition coefficient (Wildman–Crippen LogP) is 3.46. The van der Waals surface area contributed by atoms with Crippen LogP contribution in [0.4, 0.5) is 0 Å². The molecule has 1 N–H and O–H groups in total. The molecule has 1 unspecified atom stereocenters. The van der Waals surface area contributed by atoms with E-state index in [1.54, 1.807) is 13.3 Å². The summed E-state index contributed by atoms with van der Waals surface area (Å²) < 4.78 is 5.14. The van der Waals surface area contributed by atoms with Crippen LogP contribution >= 0.6 is 0 Å². The van der Waals surface area contributed by atoms with E-state index in [1.807, 2.05) is 54.7 Å². The van der Waals surface area contributed by atoms with E-state index < -0.39 is 6.10 Å². The van der Waals surface area contributed by atoms with Crippen molar-refractivity contribution in [3.05, 3.63) is 77.6 Å². The Hall–Kier alpha value is -2.23. The highest BCUT2D eigenvalue weighted by molar-refractivity contribution is 5.85. The molecular weight excluding hydrogens is 262 g/mol. The van der Waals surface area contributed by atoms with Crippen molar-refractivity contribution in [3.8, 4) is 0 Å². The number of benzene rings is 2. The van der Waals surface area contributed by atoms with E-state index in [4.69, 9.17) is 4.74 Å². The average Bonchev–Trinajstić information content (AvgIpc) is 2.54. The molecule has 0 aliphatic heterocycles. The largest absolute Gasteiger partial charge is 0.384 e. The lowest BCUT2D eigenvalue weighted by atomic mass is 9.97. The fourth-order valence-corrected chi connectivity index (χ4v) is 2.56. The minimum atomic E-state index is -0.694. The number of rotatable bonds is 4. The third-order valence-electron chi connectivity index (χ3n) is 3.57. The smallest absolute Gasteiger partial charge is 0.106 e. The summed E-state index contributed by atoms with van der Waals surface area (Å²) in [7, 11) is 1.66. The summed E-state index contributed by atoms with van der Waals surface area (Å²) in [4.78, 5) is 4.23. The van der Waals surface area contributed by atoms with E-state index in [-0.39, 0.29) is 0 Å². The summed E-state index contributed by atoms with van der Waals surface area (Å²) in [6.45, 7) is 0.536. The van der Waals surface area contributed by atoms with Gasteiger partial charge in [-0.15, -0.1) is 0 Å². The van der Waals surface area contributed by atoms with Gasteiger partial charge in [0.25, 0.3) is 0 Å². The molecule has 3 heteroatoms. The quantitative estimate of drug-likeness (QED) is 0.795. The van der Waals surface area contributed by atoms with E-state index in [2.05, 4.69) is 4.98 Å². The maximum atomic E-state index is 10.7. The minimum Gasteiger partial charge on any atom is -0.384 e. The van der Waals surface area contributed by atoms with Gasteiger partial charge in [-0.25, -0.2) is 0 Å². The molecule has 0 fully saturated rings. The lowest BCUT2D eigenvalue weighted by Gasteiger charge is -2.14. The number of aliphatic hydroxyl groups excluding tert-OH is 1. The van der Waals surface area contributed by atoms with Crippen molar-refractivity contribution in [2.24, 2.45) is 0 Å². The van der Waals surface area contributed by atoms with Crippen LogP contribution in [-0.4, -0.2) is 17.2 Å². The number of aromatic nitrogens is 1. The molecular formula is C18H17NO2. The fraction of sp³-hybridized carbons (Fsp3) is 0.167. The first kappa shape index (κ1) is 13.7. The predicted molar refractivity (Wildman–Crippen MR) is 83.0 cm³/mol. The minimum absolute atomic E-state index is 0.536. The van der Waals surface area contributed by atoms with Gasteiger partial charge in [-0.1, -0.05) is 48.5 Å². The van der Waals surface area contributed by atoms with Crippen LogP contribution in [0.3, 0.4) is 0 Å². The number of hydrogen-bond acceptors (Lipinski definition) is 3. The topological polar surface area (TPSA) is 42.4 Å². The summed E-state index contributed by atoms with van der Waals surface area (Å²) in [5.74, 6) is 0. The molecule has 0 radical (unpaired) electrons. The van der Waals surface area contributed by atoms with Crippen molar-refractivity contribution in [3.63, 3.8) is 0 Å². The first-order chi connectivity index (χ1) is 10.3. The van der Waals surface area contributed by atoms with Gasteiger partial charge in [0.2, 0.25) is 0 Å². The van der Waals surface area contributed by atoms with Gasteiger partial charge in [0.05, 0.1) is 6.61 Å². The van der Waals surface area contributed by atoms with Crippen LogP contribution in [0.2, 0.25) is 0 Å². The van der Waals surface area contributed by atoms with Crippen LogP contribution in [0.15, 0.2) is 60.9 Å². The summed E-state index contributed by atoms with van der Waals surface area (Å²) >= 11 is 0. The zero-order valence-corrected chi connectivity index (χ0v) is 11.9. The lowest BCUT2D eigenvalue weighted by molar-refractivity contribution is 0.184. The zero-order chi connectivity index (χ0) is 14.7. The zero-order valence-electron chi connectivity index (χ0n) is 11.9. The van der Waals surface area contributed by atoms with Crippen LogP contribution in [0.5, 0.6) is 0 Å². The third-order valence-corrected chi connectivity index (χ3v) is 3.57. The Kier molecular flexibility index (Phi) is 3.95. The fourth-order valence-electron chi connectivity index (χ4n) is 2.56. The van der Waals surface area contributed by atoms with Crippen LogP contribution in [0, 0.1) is 0 Å². The van der Waals surface area contributed by atoms with Crippen molar-refractivity contribution in [1.82, 2.24) is 4.98 Å². The highest BCUT2D eigenvalue weighted by Crippen LogP contribution is 2.28. The molecule has 0 bridgehead atoms. The van der Waals surface area contributed by atoms with Crippen LogP contribution < -0.4 is 0 Å². The molecule has 0 aliphatic carbocycles. The Morgan fingerprint density at radius 1 is 1.10 bits per heavy atom. The van der Waals surface area contributed by atoms with Gasteiger partial charge in [-0.2, -0.15) is 0 Å². The summed E-state index contributed by atoms with van der Waals surface area (Å²) in [6.07, 6.45) is 2.85. The van der Waals surface area contributed by atoms with E-state index in [0.717, 1.165) is 27.5 Å². The number of pyridine rings is 1. The van der Waals surface area contributed by atoms with Crippen molar-refractivity contribution < 1.29 is 9.84 Å². The number of nitrogens with zero attached hydrogens (tertiary/aromatic N) is 1.